The molecule has 0 rings (SSSR count). The Morgan fingerprint density at radius 2 is 2.00 bits per heavy atom. The maximum atomic E-state index is 10.3. The smallest absolute Gasteiger partial charge is 0.320 e. The first-order valence-electron chi connectivity index (χ1n) is 4.67. The molecule has 0 radical (unpaired) electrons. The number of aliphatic carboxylic acids is 1. The van der Waals surface area contributed by atoms with Crippen molar-refractivity contribution < 1.29 is 9.90 Å². The van der Waals surface area contributed by atoms with Gasteiger partial charge in [0.25, 0.3) is 0 Å². The van der Waals surface area contributed by atoms with Crippen LogP contribution in [0.4, 0.5) is 0 Å². The van der Waals surface area contributed by atoms with Gasteiger partial charge >= 0.3 is 5.97 Å². The summed E-state index contributed by atoms with van der Waals surface area (Å²) in [5, 5.41) is 8.50. The number of hydrogen-bond acceptors (Lipinski definition) is 2. The topological polar surface area (TPSA) is 63.3 Å². The lowest BCUT2D eigenvalue weighted by Gasteiger charge is -2.07. The first kappa shape index (κ1) is 12.9. The van der Waals surface area contributed by atoms with Gasteiger partial charge in [-0.15, -0.1) is 7.92 Å². The molecule has 3 nitrogen and oxygen atoms in total. The van der Waals surface area contributed by atoms with Crippen molar-refractivity contribution in [2.24, 2.45) is 5.73 Å². The minimum Gasteiger partial charge on any atom is -0.480 e. The average Bonchev–Trinajstić information content (AvgIpc) is 2.02. The first-order chi connectivity index (χ1) is 6.04. The Hall–Kier alpha value is -0.140. The third-order valence-electron chi connectivity index (χ3n) is 1.94. The number of rotatable bonds is 7. The van der Waals surface area contributed by atoms with Crippen LogP contribution in [0.25, 0.3) is 0 Å². The molecule has 0 saturated heterocycles. The molecule has 3 N–H and O–H groups in total. The number of nitrogens with two attached hydrogens (primary N) is 1. The monoisotopic (exact) mass is 205 g/mol. The molecular formula is C9H20NO2P. The highest BCUT2D eigenvalue weighted by molar-refractivity contribution is 7.55. The van der Waals surface area contributed by atoms with Crippen LogP contribution in [0.5, 0.6) is 0 Å². The van der Waals surface area contributed by atoms with Gasteiger partial charge in [-0.05, 0) is 32.3 Å². The van der Waals surface area contributed by atoms with Crippen LogP contribution in [-0.4, -0.2) is 36.6 Å². The van der Waals surface area contributed by atoms with E-state index in [1.165, 1.54) is 12.6 Å². The normalized spacial score (nSPS) is 13.2. The van der Waals surface area contributed by atoms with Crippen molar-refractivity contribution in [2.45, 2.75) is 31.7 Å². The number of carboxylic acids is 1. The second kappa shape index (κ2) is 7.28. The van der Waals surface area contributed by atoms with E-state index in [-0.39, 0.29) is 7.92 Å². The summed E-state index contributed by atoms with van der Waals surface area (Å²) in [6.45, 7) is 4.52. The summed E-state index contributed by atoms with van der Waals surface area (Å²) in [4.78, 5) is 10.3. The van der Waals surface area contributed by atoms with E-state index in [1.54, 1.807) is 0 Å². The summed E-state index contributed by atoms with van der Waals surface area (Å²) in [5.41, 5.74) is 5.36. The van der Waals surface area contributed by atoms with Gasteiger partial charge in [-0.25, -0.2) is 0 Å². The van der Waals surface area contributed by atoms with Crippen LogP contribution in [0.3, 0.4) is 0 Å². The van der Waals surface area contributed by atoms with Gasteiger partial charge in [0.15, 0.2) is 0 Å². The molecule has 0 fully saturated rings. The zero-order valence-corrected chi connectivity index (χ0v) is 9.39. The fourth-order valence-corrected chi connectivity index (χ4v) is 1.95. The van der Waals surface area contributed by atoms with Crippen LogP contribution in [0.1, 0.15) is 25.7 Å². The molecule has 0 aliphatic heterocycles. The molecule has 0 aromatic carbocycles. The van der Waals surface area contributed by atoms with Crippen LogP contribution in [0.15, 0.2) is 0 Å². The molecule has 0 aliphatic carbocycles. The van der Waals surface area contributed by atoms with E-state index in [0.29, 0.717) is 6.42 Å². The minimum absolute atomic E-state index is 0.208. The van der Waals surface area contributed by atoms with Gasteiger partial charge in [0.2, 0.25) is 0 Å². The third-order valence-corrected chi connectivity index (χ3v) is 3.15. The van der Waals surface area contributed by atoms with Crippen LogP contribution >= 0.6 is 7.92 Å². The number of carbonyl (C=O) groups is 1. The van der Waals surface area contributed by atoms with Gasteiger partial charge in [0.1, 0.15) is 6.04 Å². The van der Waals surface area contributed by atoms with Gasteiger partial charge in [-0.1, -0.05) is 12.8 Å². The second-order valence-corrected chi connectivity index (χ2v) is 6.20. The summed E-state index contributed by atoms with van der Waals surface area (Å²) in [7, 11) is 0.208. The Balaban J connectivity index is 3.21. The fraction of sp³-hybridized carbons (Fsp3) is 0.889. The number of unbranched alkanes of at least 4 members (excludes halogenated alkanes) is 2. The zero-order valence-electron chi connectivity index (χ0n) is 8.49. The van der Waals surface area contributed by atoms with E-state index in [1.807, 2.05) is 0 Å². The predicted molar refractivity (Wildman–Crippen MR) is 57.7 cm³/mol. The molecule has 13 heavy (non-hydrogen) atoms. The summed E-state index contributed by atoms with van der Waals surface area (Å²) in [5.74, 6) is -0.881. The highest BCUT2D eigenvalue weighted by Gasteiger charge is 2.09. The molecule has 0 aromatic heterocycles. The maximum Gasteiger partial charge on any atom is 0.320 e. The van der Waals surface area contributed by atoms with Gasteiger partial charge in [0, 0.05) is 0 Å². The van der Waals surface area contributed by atoms with Gasteiger partial charge in [-0.3, -0.25) is 4.79 Å². The Morgan fingerprint density at radius 1 is 1.38 bits per heavy atom. The molecule has 0 aliphatic rings. The van der Waals surface area contributed by atoms with E-state index in [4.69, 9.17) is 10.8 Å². The maximum absolute atomic E-state index is 10.3. The molecule has 1 atom stereocenters. The van der Waals surface area contributed by atoms with Crippen molar-refractivity contribution >= 4 is 13.9 Å². The Morgan fingerprint density at radius 3 is 2.46 bits per heavy atom. The molecule has 0 amide bonds. The second-order valence-electron chi connectivity index (χ2n) is 3.60. The fourth-order valence-electron chi connectivity index (χ4n) is 1.09. The molecule has 4 heteroatoms. The van der Waals surface area contributed by atoms with Gasteiger partial charge in [-0.2, -0.15) is 0 Å². The van der Waals surface area contributed by atoms with Crippen molar-refractivity contribution in [3.05, 3.63) is 0 Å². The van der Waals surface area contributed by atoms with E-state index in [9.17, 15) is 4.79 Å². The van der Waals surface area contributed by atoms with Crippen LogP contribution in [0.2, 0.25) is 0 Å². The molecule has 0 spiro atoms. The minimum atomic E-state index is -0.881. The standard InChI is InChI=1S/C9H20NO2P/c1-13(2)7-5-3-4-6-8(10)9(11)12/h8H,3-7,10H2,1-2H3,(H,11,12). The lowest BCUT2D eigenvalue weighted by molar-refractivity contribution is -0.138. The third kappa shape index (κ3) is 8.20. The highest BCUT2D eigenvalue weighted by Crippen LogP contribution is 2.25. The van der Waals surface area contributed by atoms with E-state index < -0.39 is 12.0 Å². The van der Waals surface area contributed by atoms with E-state index >= 15 is 0 Å². The summed E-state index contributed by atoms with van der Waals surface area (Å²) < 4.78 is 0. The number of carboxylic acid groups (broad SMARTS) is 1. The van der Waals surface area contributed by atoms with Crippen molar-refractivity contribution in [3.63, 3.8) is 0 Å². The predicted octanol–water partition coefficient (Wildman–Crippen LogP) is 1.70. The number of hydrogen-bond donors (Lipinski definition) is 2. The molecule has 78 valence electrons. The quantitative estimate of drug-likeness (QED) is 0.491. The van der Waals surface area contributed by atoms with Gasteiger partial charge < -0.3 is 10.8 Å². The van der Waals surface area contributed by atoms with Crippen LogP contribution in [0, 0.1) is 0 Å². The summed E-state index contributed by atoms with van der Waals surface area (Å²) in [6, 6.07) is -0.662. The molecule has 0 bridgehead atoms. The Kier molecular flexibility index (Phi) is 7.20. The van der Waals surface area contributed by atoms with Gasteiger partial charge in [0.05, 0.1) is 0 Å². The molecular weight excluding hydrogens is 185 g/mol. The van der Waals surface area contributed by atoms with Crippen molar-refractivity contribution in [1.82, 2.24) is 0 Å². The van der Waals surface area contributed by atoms with E-state index in [0.717, 1.165) is 12.8 Å². The molecule has 0 heterocycles. The summed E-state index contributed by atoms with van der Waals surface area (Å²) >= 11 is 0. The van der Waals surface area contributed by atoms with Crippen molar-refractivity contribution in [1.29, 1.82) is 0 Å². The average molecular weight is 205 g/mol. The Labute approximate surface area is 81.5 Å². The van der Waals surface area contributed by atoms with Crippen molar-refractivity contribution in [3.8, 4) is 0 Å². The first-order valence-corrected chi connectivity index (χ1v) is 7.09. The molecule has 0 aromatic rings. The molecule has 1 unspecified atom stereocenters. The summed E-state index contributed by atoms with van der Waals surface area (Å²) in [6.07, 6.45) is 5.17. The molecule has 0 saturated carbocycles. The van der Waals surface area contributed by atoms with E-state index in [2.05, 4.69) is 13.3 Å². The lowest BCUT2D eigenvalue weighted by atomic mass is 10.1. The SMILES string of the molecule is CP(C)CCCCCC(N)C(=O)O. The zero-order chi connectivity index (χ0) is 10.3. The largest absolute Gasteiger partial charge is 0.480 e. The van der Waals surface area contributed by atoms with Crippen molar-refractivity contribution in [2.75, 3.05) is 19.5 Å². The lowest BCUT2D eigenvalue weighted by Crippen LogP contribution is -2.29. The van der Waals surface area contributed by atoms with Crippen LogP contribution < -0.4 is 5.73 Å². The highest BCUT2D eigenvalue weighted by atomic mass is 31.1. The van der Waals surface area contributed by atoms with Crippen LogP contribution in [-0.2, 0) is 4.79 Å². The Bertz CT molecular complexity index is 151.